The van der Waals surface area contributed by atoms with Crippen LogP contribution in [0.25, 0.3) is 0 Å². The van der Waals surface area contributed by atoms with Crippen molar-refractivity contribution in [2.45, 2.75) is 6.92 Å². The molecule has 0 bridgehead atoms. The van der Waals surface area contributed by atoms with Crippen LogP contribution in [0.1, 0.15) is 6.92 Å². The summed E-state index contributed by atoms with van der Waals surface area (Å²) in [5, 5.41) is 3.28. The van der Waals surface area contributed by atoms with E-state index in [0.717, 1.165) is 6.54 Å². The summed E-state index contributed by atoms with van der Waals surface area (Å²) < 4.78 is 0. The predicted molar refractivity (Wildman–Crippen MR) is 48.8 cm³/mol. The molecule has 0 atom stereocenters. The highest BCUT2D eigenvalue weighted by Crippen LogP contribution is 1.99. The topological polar surface area (TPSA) is 12.0 Å². The second kappa shape index (κ2) is 3.30. The lowest BCUT2D eigenvalue weighted by Crippen LogP contribution is -2.10. The first-order valence-electron chi connectivity index (χ1n) is 3.64. The first kappa shape index (κ1) is 7.20. The van der Waals surface area contributed by atoms with Crippen LogP contribution >= 0.6 is 0 Å². The van der Waals surface area contributed by atoms with Gasteiger partial charge in [-0.3, -0.25) is 0 Å². The monoisotopic (exact) mass is 133 g/mol. The van der Waals surface area contributed by atoms with Crippen molar-refractivity contribution < 1.29 is 0 Å². The Morgan fingerprint density at radius 2 is 2.10 bits per heavy atom. The molecule has 0 heterocycles. The summed E-state index contributed by atoms with van der Waals surface area (Å²) >= 11 is 0. The lowest BCUT2D eigenvalue weighted by molar-refractivity contribution is 1.22. The van der Waals surface area contributed by atoms with Crippen molar-refractivity contribution in [1.29, 1.82) is 0 Å². The number of rotatable bonds is 2. The number of hydrogen-bond donors (Lipinski definition) is 1. The molecule has 1 nitrogen and oxygen atoms in total. The summed E-state index contributed by atoms with van der Waals surface area (Å²) in [5.74, 6) is 0. The van der Waals surface area contributed by atoms with Gasteiger partial charge >= 0.3 is 0 Å². The third-order valence-corrected chi connectivity index (χ3v) is 1.51. The molecule has 0 fully saturated rings. The fourth-order valence-corrected chi connectivity index (χ4v) is 0.962. The lowest BCUT2D eigenvalue weighted by Gasteiger charge is -2.05. The molecule has 0 saturated carbocycles. The van der Waals surface area contributed by atoms with E-state index in [0.29, 0.717) is 0 Å². The minimum Gasteiger partial charge on any atom is -0.386 e. The number of hydrogen-bond acceptors (Lipinski definition) is 1. The van der Waals surface area contributed by atoms with Crippen LogP contribution in [0.5, 0.6) is 0 Å². The van der Waals surface area contributed by atoms with Crippen molar-refractivity contribution in [1.82, 2.24) is 0 Å². The Balaban J connectivity index is 2.81. The highest BCUT2D eigenvalue weighted by molar-refractivity contribution is 6.35. The van der Waals surface area contributed by atoms with Gasteiger partial charge in [-0.25, -0.2) is 0 Å². The molecule has 2 heteroatoms. The quantitative estimate of drug-likeness (QED) is 0.575. The van der Waals surface area contributed by atoms with E-state index in [2.05, 4.69) is 38.3 Å². The second-order valence-corrected chi connectivity index (χ2v) is 2.35. The average Bonchev–Trinajstić information content (AvgIpc) is 1.94. The summed E-state index contributed by atoms with van der Waals surface area (Å²) in [4.78, 5) is 0. The first-order valence-corrected chi connectivity index (χ1v) is 3.64. The van der Waals surface area contributed by atoms with E-state index >= 15 is 0 Å². The molecule has 1 aromatic carbocycles. The van der Waals surface area contributed by atoms with E-state index in [1.165, 1.54) is 11.2 Å². The van der Waals surface area contributed by atoms with Crippen LogP contribution < -0.4 is 10.8 Å². The Kier molecular flexibility index (Phi) is 2.38. The van der Waals surface area contributed by atoms with Crippen LogP contribution in [0.2, 0.25) is 0 Å². The van der Waals surface area contributed by atoms with Gasteiger partial charge in [0.2, 0.25) is 0 Å². The summed E-state index contributed by atoms with van der Waals surface area (Å²) in [6, 6.07) is 8.30. The third-order valence-electron chi connectivity index (χ3n) is 1.51. The fourth-order valence-electron chi connectivity index (χ4n) is 0.962. The largest absolute Gasteiger partial charge is 0.386 e. The second-order valence-electron chi connectivity index (χ2n) is 2.35. The van der Waals surface area contributed by atoms with Crippen molar-refractivity contribution in [2.75, 3.05) is 11.9 Å². The maximum Gasteiger partial charge on any atom is 0.142 e. The zero-order chi connectivity index (χ0) is 7.40. The van der Waals surface area contributed by atoms with Gasteiger partial charge in [-0.1, -0.05) is 23.7 Å². The molecule has 1 rings (SSSR count). The molecule has 0 unspecified atom stereocenters. The van der Waals surface area contributed by atoms with Crippen molar-refractivity contribution >= 4 is 19.0 Å². The number of nitrogens with one attached hydrogen (secondary N) is 1. The maximum atomic E-state index is 3.28. The van der Waals surface area contributed by atoms with E-state index in [9.17, 15) is 0 Å². The van der Waals surface area contributed by atoms with Crippen molar-refractivity contribution in [3.63, 3.8) is 0 Å². The van der Waals surface area contributed by atoms with Crippen molar-refractivity contribution in [3.05, 3.63) is 24.3 Å². The van der Waals surface area contributed by atoms with Crippen molar-refractivity contribution in [3.8, 4) is 0 Å². The number of anilines is 1. The Labute approximate surface area is 62.9 Å². The molecule has 0 radical (unpaired) electrons. The fraction of sp³-hybridized carbons (Fsp3) is 0.250. The molecule has 0 aliphatic carbocycles. The van der Waals surface area contributed by atoms with Gasteiger partial charge in [-0.15, -0.1) is 0 Å². The van der Waals surface area contributed by atoms with E-state index < -0.39 is 0 Å². The van der Waals surface area contributed by atoms with Gasteiger partial charge in [0.15, 0.2) is 0 Å². The van der Waals surface area contributed by atoms with Crippen molar-refractivity contribution in [2.24, 2.45) is 0 Å². The third kappa shape index (κ3) is 1.53. The van der Waals surface area contributed by atoms with Gasteiger partial charge in [0.05, 0.1) is 0 Å². The van der Waals surface area contributed by atoms with Gasteiger partial charge < -0.3 is 5.32 Å². The highest BCUT2D eigenvalue weighted by atomic mass is 14.8. The molecule has 0 saturated heterocycles. The van der Waals surface area contributed by atoms with Gasteiger partial charge in [0.25, 0.3) is 0 Å². The van der Waals surface area contributed by atoms with Crippen LogP contribution in [0.15, 0.2) is 24.3 Å². The molecule has 0 spiro atoms. The smallest absolute Gasteiger partial charge is 0.142 e. The lowest BCUT2D eigenvalue weighted by atomic mass is 9.94. The van der Waals surface area contributed by atoms with Crippen LogP contribution in [0.4, 0.5) is 5.69 Å². The number of para-hydroxylation sites is 1. The molecule has 0 aromatic heterocycles. The summed E-state index contributed by atoms with van der Waals surface area (Å²) in [5.41, 5.74) is 2.55. The SMILES string of the molecule is Bc1ccccc1NCC. The molecular weight excluding hydrogens is 121 g/mol. The first-order chi connectivity index (χ1) is 4.84. The van der Waals surface area contributed by atoms with Gasteiger partial charge in [0.1, 0.15) is 7.85 Å². The van der Waals surface area contributed by atoms with E-state index in [-0.39, 0.29) is 0 Å². The highest BCUT2D eigenvalue weighted by Gasteiger charge is 1.90. The Bertz CT molecular complexity index is 210. The van der Waals surface area contributed by atoms with Crippen LogP contribution in [0, 0.1) is 0 Å². The van der Waals surface area contributed by atoms with Gasteiger partial charge in [0, 0.05) is 12.2 Å². The molecule has 0 aliphatic rings. The van der Waals surface area contributed by atoms with E-state index in [4.69, 9.17) is 0 Å². The minimum atomic E-state index is 0.991. The summed E-state index contributed by atoms with van der Waals surface area (Å²) in [6.45, 7) is 3.09. The summed E-state index contributed by atoms with van der Waals surface area (Å²) in [6.07, 6.45) is 0. The molecule has 0 amide bonds. The number of benzene rings is 1. The Morgan fingerprint density at radius 1 is 1.40 bits per heavy atom. The van der Waals surface area contributed by atoms with Crippen LogP contribution in [0.3, 0.4) is 0 Å². The molecule has 0 aliphatic heterocycles. The maximum absolute atomic E-state index is 3.28. The molecule has 1 N–H and O–H groups in total. The summed E-state index contributed by atoms with van der Waals surface area (Å²) in [7, 11) is 2.11. The normalized spacial score (nSPS) is 9.30. The Morgan fingerprint density at radius 3 is 2.70 bits per heavy atom. The zero-order valence-electron chi connectivity index (χ0n) is 6.52. The van der Waals surface area contributed by atoms with Crippen LogP contribution in [-0.4, -0.2) is 14.4 Å². The Hall–Kier alpha value is -0.915. The average molecular weight is 133 g/mol. The van der Waals surface area contributed by atoms with E-state index in [1.54, 1.807) is 0 Å². The molecule has 10 heavy (non-hydrogen) atoms. The minimum absolute atomic E-state index is 0.991. The van der Waals surface area contributed by atoms with Crippen LogP contribution in [-0.2, 0) is 0 Å². The van der Waals surface area contributed by atoms with Gasteiger partial charge in [-0.05, 0) is 13.0 Å². The van der Waals surface area contributed by atoms with Gasteiger partial charge in [-0.2, -0.15) is 0 Å². The van der Waals surface area contributed by atoms with E-state index in [1.807, 2.05) is 6.07 Å². The predicted octanol–water partition coefficient (Wildman–Crippen LogP) is 0.377. The molecule has 1 aromatic rings. The molecular formula is C8H12BN. The molecule has 52 valence electrons. The standard InChI is InChI=1S/C8H12BN/c1-2-10-8-6-4-3-5-7(8)9/h3-6,10H,2,9H2,1H3. The zero-order valence-corrected chi connectivity index (χ0v) is 6.52.